The summed E-state index contributed by atoms with van der Waals surface area (Å²) < 4.78 is 10.1. The van der Waals surface area contributed by atoms with Crippen LogP contribution in [0.15, 0.2) is 18.2 Å². The molecule has 1 aliphatic rings. The molecule has 0 bridgehead atoms. The highest BCUT2D eigenvalue weighted by molar-refractivity contribution is 5.95. The van der Waals surface area contributed by atoms with Gasteiger partial charge in [-0.2, -0.15) is 0 Å². The molecule has 0 spiro atoms. The van der Waals surface area contributed by atoms with E-state index in [0.717, 1.165) is 5.69 Å². The Labute approximate surface area is 93.7 Å². The maximum absolute atomic E-state index is 11.6. The zero-order chi connectivity index (χ0) is 11.5. The average molecular weight is 222 g/mol. The molecule has 16 heavy (non-hydrogen) atoms. The second kappa shape index (κ2) is 4.40. The van der Waals surface area contributed by atoms with Crippen LogP contribution in [0.3, 0.4) is 0 Å². The van der Waals surface area contributed by atoms with Crippen LogP contribution < -0.4 is 15.4 Å². The minimum absolute atomic E-state index is 0.0455. The largest absolute Gasteiger partial charge is 0.495 e. The highest BCUT2D eigenvalue weighted by atomic mass is 16.5. The van der Waals surface area contributed by atoms with Crippen LogP contribution in [-0.4, -0.2) is 32.8 Å². The third-order valence-electron chi connectivity index (χ3n) is 2.51. The molecule has 1 heterocycles. The molecule has 0 unspecified atom stereocenters. The molecule has 1 aromatic rings. The number of amides is 1. The molecule has 5 heteroatoms. The van der Waals surface area contributed by atoms with Crippen molar-refractivity contribution in [1.82, 2.24) is 0 Å². The number of nitrogens with zero attached hydrogens (tertiary/aromatic N) is 1. The maximum Gasteiger partial charge on any atom is 0.253 e. The van der Waals surface area contributed by atoms with E-state index < -0.39 is 0 Å². The van der Waals surface area contributed by atoms with Crippen LogP contribution in [0.5, 0.6) is 5.75 Å². The molecular formula is C11H14N2O3. The molecule has 2 rings (SSSR count). The van der Waals surface area contributed by atoms with E-state index in [-0.39, 0.29) is 12.5 Å². The van der Waals surface area contributed by atoms with E-state index in [0.29, 0.717) is 24.6 Å². The highest BCUT2D eigenvalue weighted by Gasteiger charge is 2.20. The van der Waals surface area contributed by atoms with Gasteiger partial charge in [-0.15, -0.1) is 0 Å². The third-order valence-corrected chi connectivity index (χ3v) is 2.51. The van der Waals surface area contributed by atoms with E-state index in [2.05, 4.69) is 0 Å². The summed E-state index contributed by atoms with van der Waals surface area (Å²) >= 11 is 0. The Morgan fingerprint density at radius 1 is 1.50 bits per heavy atom. The summed E-state index contributed by atoms with van der Waals surface area (Å²) in [6.07, 6.45) is 0. The number of carbonyl (C=O) groups excluding carboxylic acids is 1. The molecule has 1 saturated heterocycles. The van der Waals surface area contributed by atoms with Crippen LogP contribution in [0.4, 0.5) is 11.4 Å². The summed E-state index contributed by atoms with van der Waals surface area (Å²) in [5, 5.41) is 0. The number of carbonyl (C=O) groups is 1. The lowest BCUT2D eigenvalue weighted by atomic mass is 10.2. The fourth-order valence-corrected chi connectivity index (χ4v) is 1.68. The first kappa shape index (κ1) is 10.8. The number of ether oxygens (including phenoxy) is 2. The van der Waals surface area contributed by atoms with Gasteiger partial charge >= 0.3 is 0 Å². The van der Waals surface area contributed by atoms with Crippen molar-refractivity contribution in [3.8, 4) is 5.75 Å². The molecule has 1 aliphatic heterocycles. The molecule has 2 N–H and O–H groups in total. The number of benzene rings is 1. The van der Waals surface area contributed by atoms with Crippen molar-refractivity contribution in [2.24, 2.45) is 0 Å². The zero-order valence-corrected chi connectivity index (χ0v) is 9.10. The number of morpholine rings is 1. The normalized spacial score (nSPS) is 16.3. The summed E-state index contributed by atoms with van der Waals surface area (Å²) in [6.45, 7) is 1.24. The minimum Gasteiger partial charge on any atom is -0.495 e. The molecule has 5 nitrogen and oxygen atoms in total. The number of nitrogen functional groups attached to an aromatic ring is 1. The van der Waals surface area contributed by atoms with Crippen LogP contribution in [0.25, 0.3) is 0 Å². The van der Waals surface area contributed by atoms with E-state index in [4.69, 9.17) is 15.2 Å². The molecule has 1 amide bonds. The Morgan fingerprint density at radius 3 is 2.94 bits per heavy atom. The van der Waals surface area contributed by atoms with Crippen LogP contribution in [0.1, 0.15) is 0 Å². The van der Waals surface area contributed by atoms with Crippen molar-refractivity contribution in [3.05, 3.63) is 18.2 Å². The SMILES string of the molecule is COc1ccc(N2CCOCC2=O)cc1N. The van der Waals surface area contributed by atoms with Gasteiger partial charge in [0.05, 0.1) is 19.4 Å². The first-order valence-electron chi connectivity index (χ1n) is 5.04. The van der Waals surface area contributed by atoms with E-state index >= 15 is 0 Å². The van der Waals surface area contributed by atoms with Crippen molar-refractivity contribution >= 4 is 17.3 Å². The predicted molar refractivity (Wildman–Crippen MR) is 60.6 cm³/mol. The van der Waals surface area contributed by atoms with Crippen molar-refractivity contribution < 1.29 is 14.3 Å². The number of rotatable bonds is 2. The Bertz CT molecular complexity index is 406. The number of anilines is 2. The van der Waals surface area contributed by atoms with Gasteiger partial charge < -0.3 is 20.1 Å². The molecule has 0 atom stereocenters. The second-order valence-corrected chi connectivity index (χ2v) is 3.52. The fraction of sp³-hybridized carbons (Fsp3) is 0.364. The summed E-state index contributed by atoms with van der Waals surface area (Å²) in [4.78, 5) is 13.3. The number of hydrogen-bond acceptors (Lipinski definition) is 4. The first-order valence-corrected chi connectivity index (χ1v) is 5.04. The van der Waals surface area contributed by atoms with Crippen molar-refractivity contribution in [2.75, 3.05) is 37.5 Å². The smallest absolute Gasteiger partial charge is 0.253 e. The van der Waals surface area contributed by atoms with Gasteiger partial charge in [0.15, 0.2) is 0 Å². The summed E-state index contributed by atoms with van der Waals surface area (Å²) in [7, 11) is 1.56. The molecule has 0 aromatic heterocycles. The molecule has 86 valence electrons. The van der Waals surface area contributed by atoms with Gasteiger partial charge in [-0.05, 0) is 18.2 Å². The van der Waals surface area contributed by atoms with Crippen LogP contribution in [0.2, 0.25) is 0 Å². The lowest BCUT2D eigenvalue weighted by Crippen LogP contribution is -2.41. The van der Waals surface area contributed by atoms with Gasteiger partial charge in [0.1, 0.15) is 12.4 Å². The molecule has 1 aromatic carbocycles. The molecule has 0 saturated carbocycles. The van der Waals surface area contributed by atoms with Crippen LogP contribution in [0, 0.1) is 0 Å². The van der Waals surface area contributed by atoms with Gasteiger partial charge in [0.2, 0.25) is 0 Å². The Morgan fingerprint density at radius 2 is 2.31 bits per heavy atom. The lowest BCUT2D eigenvalue weighted by molar-refractivity contribution is -0.125. The maximum atomic E-state index is 11.6. The van der Waals surface area contributed by atoms with E-state index in [9.17, 15) is 4.79 Å². The summed E-state index contributed by atoms with van der Waals surface area (Å²) in [6, 6.07) is 5.31. The van der Waals surface area contributed by atoms with Crippen molar-refractivity contribution in [1.29, 1.82) is 0 Å². The molecule has 0 radical (unpaired) electrons. The third kappa shape index (κ3) is 1.94. The summed E-state index contributed by atoms with van der Waals surface area (Å²) in [5.41, 5.74) is 7.10. The second-order valence-electron chi connectivity index (χ2n) is 3.52. The van der Waals surface area contributed by atoms with Gasteiger partial charge in [-0.1, -0.05) is 0 Å². The Hall–Kier alpha value is -1.75. The highest BCUT2D eigenvalue weighted by Crippen LogP contribution is 2.27. The van der Waals surface area contributed by atoms with E-state index in [1.165, 1.54) is 0 Å². The van der Waals surface area contributed by atoms with Gasteiger partial charge in [0.25, 0.3) is 5.91 Å². The zero-order valence-electron chi connectivity index (χ0n) is 9.10. The quantitative estimate of drug-likeness (QED) is 0.746. The van der Waals surface area contributed by atoms with E-state index in [1.54, 1.807) is 24.1 Å². The molecule has 0 aliphatic carbocycles. The van der Waals surface area contributed by atoms with Gasteiger partial charge in [-0.25, -0.2) is 0 Å². The topological polar surface area (TPSA) is 64.8 Å². The van der Waals surface area contributed by atoms with Gasteiger partial charge in [0, 0.05) is 12.2 Å². The fourth-order valence-electron chi connectivity index (χ4n) is 1.68. The average Bonchev–Trinajstić information content (AvgIpc) is 2.29. The first-order chi connectivity index (χ1) is 7.72. The van der Waals surface area contributed by atoms with Crippen LogP contribution in [-0.2, 0) is 9.53 Å². The predicted octanol–water partition coefficient (Wildman–Crippen LogP) is 0.641. The van der Waals surface area contributed by atoms with E-state index in [1.807, 2.05) is 6.07 Å². The van der Waals surface area contributed by atoms with Crippen molar-refractivity contribution in [3.63, 3.8) is 0 Å². The Balaban J connectivity index is 2.26. The Kier molecular flexibility index (Phi) is 2.96. The minimum atomic E-state index is -0.0455. The number of nitrogens with two attached hydrogens (primary N) is 1. The summed E-state index contributed by atoms with van der Waals surface area (Å²) in [5.74, 6) is 0.570. The number of hydrogen-bond donors (Lipinski definition) is 1. The molecular weight excluding hydrogens is 208 g/mol. The molecule has 1 fully saturated rings. The number of methoxy groups -OCH3 is 1. The van der Waals surface area contributed by atoms with Crippen molar-refractivity contribution in [2.45, 2.75) is 0 Å². The standard InChI is InChI=1S/C11H14N2O3/c1-15-10-3-2-8(6-9(10)12)13-4-5-16-7-11(13)14/h2-3,6H,4-5,7,12H2,1H3. The van der Waals surface area contributed by atoms with Gasteiger partial charge in [-0.3, -0.25) is 4.79 Å². The lowest BCUT2D eigenvalue weighted by Gasteiger charge is -2.27. The monoisotopic (exact) mass is 222 g/mol. The van der Waals surface area contributed by atoms with Crippen LogP contribution >= 0.6 is 0 Å².